The summed E-state index contributed by atoms with van der Waals surface area (Å²) in [4.78, 5) is 15.8. The lowest BCUT2D eigenvalue weighted by Crippen LogP contribution is -2.35. The molecule has 2 rings (SSSR count). The van der Waals surface area contributed by atoms with Gasteiger partial charge in [0, 0.05) is 6.54 Å². The van der Waals surface area contributed by atoms with Gasteiger partial charge in [0.2, 0.25) is 0 Å². The molecular weight excluding hydrogens is 258 g/mol. The van der Waals surface area contributed by atoms with E-state index in [9.17, 15) is 13.2 Å². The van der Waals surface area contributed by atoms with Gasteiger partial charge in [0.15, 0.2) is 0 Å². The molecule has 1 fully saturated rings. The number of carbonyl (C=O) groups is 1. The molecule has 1 N–H and O–H groups in total. The van der Waals surface area contributed by atoms with Crippen LogP contribution in [0.1, 0.15) is 23.2 Å². The SMILES string of the molecule is O=C(O)c1cccc(S(=O)(=O)N2CCCCO2)c1. The Balaban J connectivity index is 2.34. The molecular formula is C11H13NO5S. The van der Waals surface area contributed by atoms with Gasteiger partial charge >= 0.3 is 5.97 Å². The zero-order valence-corrected chi connectivity index (χ0v) is 10.4. The molecule has 1 heterocycles. The summed E-state index contributed by atoms with van der Waals surface area (Å²) in [5.74, 6) is -1.16. The molecule has 6 nitrogen and oxygen atoms in total. The number of nitrogens with zero attached hydrogens (tertiary/aromatic N) is 1. The number of aromatic carboxylic acids is 1. The zero-order chi connectivity index (χ0) is 13.2. The molecule has 0 unspecified atom stereocenters. The van der Waals surface area contributed by atoms with E-state index in [-0.39, 0.29) is 10.5 Å². The molecule has 1 saturated heterocycles. The van der Waals surface area contributed by atoms with E-state index >= 15 is 0 Å². The summed E-state index contributed by atoms with van der Waals surface area (Å²) in [5, 5.41) is 8.85. The van der Waals surface area contributed by atoms with Crippen LogP contribution in [0.5, 0.6) is 0 Å². The molecule has 1 aromatic rings. The molecule has 7 heteroatoms. The molecule has 0 aliphatic carbocycles. The molecule has 0 amide bonds. The second kappa shape index (κ2) is 5.05. The Labute approximate surface area is 105 Å². The highest BCUT2D eigenvalue weighted by atomic mass is 32.2. The Kier molecular flexibility index (Phi) is 3.65. The quantitative estimate of drug-likeness (QED) is 0.890. The van der Waals surface area contributed by atoms with Crippen molar-refractivity contribution in [3.05, 3.63) is 29.8 Å². The van der Waals surface area contributed by atoms with Gasteiger partial charge in [-0.25, -0.2) is 13.2 Å². The molecule has 1 aromatic carbocycles. The lowest BCUT2D eigenvalue weighted by molar-refractivity contribution is -0.108. The molecule has 0 aromatic heterocycles. The van der Waals surface area contributed by atoms with E-state index in [1.807, 2.05) is 0 Å². The minimum Gasteiger partial charge on any atom is -0.478 e. The fourth-order valence-electron chi connectivity index (χ4n) is 1.67. The maximum atomic E-state index is 12.2. The molecule has 0 atom stereocenters. The molecule has 0 saturated carbocycles. The number of hydrogen-bond acceptors (Lipinski definition) is 4. The molecule has 98 valence electrons. The minimum atomic E-state index is -3.77. The molecule has 18 heavy (non-hydrogen) atoms. The summed E-state index contributed by atoms with van der Waals surface area (Å²) < 4.78 is 25.3. The van der Waals surface area contributed by atoms with E-state index in [0.717, 1.165) is 23.4 Å². The van der Waals surface area contributed by atoms with Gasteiger partial charge in [-0.05, 0) is 31.0 Å². The Morgan fingerprint density at radius 2 is 2.11 bits per heavy atom. The van der Waals surface area contributed by atoms with Gasteiger partial charge in [0.25, 0.3) is 10.0 Å². The van der Waals surface area contributed by atoms with Crippen molar-refractivity contribution in [2.75, 3.05) is 13.2 Å². The summed E-state index contributed by atoms with van der Waals surface area (Å²) in [5.41, 5.74) is -0.0620. The number of rotatable bonds is 3. The van der Waals surface area contributed by atoms with Gasteiger partial charge in [0.1, 0.15) is 0 Å². The minimum absolute atomic E-state index is 0.0620. The Morgan fingerprint density at radius 3 is 2.72 bits per heavy atom. The molecule has 1 aliphatic rings. The summed E-state index contributed by atoms with van der Waals surface area (Å²) in [6.07, 6.45) is 1.55. The second-order valence-electron chi connectivity index (χ2n) is 3.90. The van der Waals surface area contributed by atoms with E-state index in [2.05, 4.69) is 0 Å². The van der Waals surface area contributed by atoms with Crippen LogP contribution in [0, 0.1) is 0 Å². The largest absolute Gasteiger partial charge is 0.478 e. The number of benzene rings is 1. The van der Waals surface area contributed by atoms with Gasteiger partial charge in [-0.1, -0.05) is 10.5 Å². The van der Waals surface area contributed by atoms with E-state index in [1.165, 1.54) is 18.2 Å². The third kappa shape index (κ3) is 2.53. The lowest BCUT2D eigenvalue weighted by Gasteiger charge is -2.25. The van der Waals surface area contributed by atoms with E-state index in [4.69, 9.17) is 9.94 Å². The molecule has 1 aliphatic heterocycles. The fourth-order valence-corrected chi connectivity index (χ4v) is 3.01. The van der Waals surface area contributed by atoms with Crippen LogP contribution in [-0.4, -0.2) is 37.1 Å². The molecule has 0 bridgehead atoms. The highest BCUT2D eigenvalue weighted by molar-refractivity contribution is 7.89. The van der Waals surface area contributed by atoms with Gasteiger partial charge in [0.05, 0.1) is 17.1 Å². The number of hydrogen-bond donors (Lipinski definition) is 1. The average molecular weight is 271 g/mol. The van der Waals surface area contributed by atoms with Crippen LogP contribution in [-0.2, 0) is 14.9 Å². The van der Waals surface area contributed by atoms with Crippen LogP contribution in [0.25, 0.3) is 0 Å². The normalized spacial score (nSPS) is 17.6. The van der Waals surface area contributed by atoms with Gasteiger partial charge in [-0.2, -0.15) is 0 Å². The van der Waals surface area contributed by atoms with Crippen LogP contribution in [0.4, 0.5) is 0 Å². The van der Waals surface area contributed by atoms with Crippen molar-refractivity contribution in [2.24, 2.45) is 0 Å². The summed E-state index contributed by atoms with van der Waals surface area (Å²) in [6.45, 7) is 0.650. The molecule has 0 radical (unpaired) electrons. The van der Waals surface area contributed by atoms with Crippen LogP contribution in [0.3, 0.4) is 0 Å². The van der Waals surface area contributed by atoms with Crippen LogP contribution in [0.15, 0.2) is 29.2 Å². The van der Waals surface area contributed by atoms with Crippen molar-refractivity contribution in [2.45, 2.75) is 17.7 Å². The predicted octanol–water partition coefficient (Wildman–Crippen LogP) is 1.10. The number of carboxylic acids is 1. The topological polar surface area (TPSA) is 83.9 Å². The first-order valence-corrected chi connectivity index (χ1v) is 6.95. The Morgan fingerprint density at radius 1 is 1.33 bits per heavy atom. The maximum Gasteiger partial charge on any atom is 0.335 e. The van der Waals surface area contributed by atoms with Crippen molar-refractivity contribution >= 4 is 16.0 Å². The number of hydroxylamine groups is 1. The highest BCUT2D eigenvalue weighted by Crippen LogP contribution is 2.20. The van der Waals surface area contributed by atoms with Crippen LogP contribution < -0.4 is 0 Å². The standard InChI is InChI=1S/C11H13NO5S/c13-11(14)9-4-3-5-10(8-9)18(15,16)12-6-1-2-7-17-12/h3-5,8H,1-2,6-7H2,(H,13,14). The van der Waals surface area contributed by atoms with E-state index in [0.29, 0.717) is 13.2 Å². The van der Waals surface area contributed by atoms with Crippen molar-refractivity contribution in [3.63, 3.8) is 0 Å². The fraction of sp³-hybridized carbons (Fsp3) is 0.364. The first-order valence-electron chi connectivity index (χ1n) is 5.51. The van der Waals surface area contributed by atoms with E-state index < -0.39 is 16.0 Å². The lowest BCUT2D eigenvalue weighted by atomic mass is 10.2. The van der Waals surface area contributed by atoms with Crippen molar-refractivity contribution in [1.82, 2.24) is 4.47 Å². The van der Waals surface area contributed by atoms with Crippen LogP contribution >= 0.6 is 0 Å². The molecule has 0 spiro atoms. The van der Waals surface area contributed by atoms with Crippen molar-refractivity contribution in [3.8, 4) is 0 Å². The maximum absolute atomic E-state index is 12.2. The van der Waals surface area contributed by atoms with Crippen molar-refractivity contribution in [1.29, 1.82) is 0 Å². The van der Waals surface area contributed by atoms with Crippen LogP contribution in [0.2, 0.25) is 0 Å². The van der Waals surface area contributed by atoms with Crippen molar-refractivity contribution < 1.29 is 23.2 Å². The number of sulfonamides is 1. The first-order chi connectivity index (χ1) is 8.51. The Bertz CT molecular complexity index is 548. The summed E-state index contributed by atoms with van der Waals surface area (Å²) in [6, 6.07) is 5.24. The third-order valence-corrected chi connectivity index (χ3v) is 4.29. The Hall–Kier alpha value is -1.44. The first kappa shape index (κ1) is 13.0. The highest BCUT2D eigenvalue weighted by Gasteiger charge is 2.27. The zero-order valence-electron chi connectivity index (χ0n) is 9.57. The second-order valence-corrected chi connectivity index (χ2v) is 5.73. The van der Waals surface area contributed by atoms with Gasteiger partial charge in [-0.15, -0.1) is 0 Å². The predicted molar refractivity (Wildman–Crippen MR) is 62.5 cm³/mol. The van der Waals surface area contributed by atoms with Gasteiger partial charge in [-0.3, -0.25) is 4.84 Å². The summed E-state index contributed by atoms with van der Waals surface area (Å²) in [7, 11) is -3.77. The smallest absolute Gasteiger partial charge is 0.335 e. The average Bonchev–Trinajstić information content (AvgIpc) is 2.40. The third-order valence-electron chi connectivity index (χ3n) is 2.62. The summed E-state index contributed by atoms with van der Waals surface area (Å²) >= 11 is 0. The monoisotopic (exact) mass is 271 g/mol. The number of carboxylic acid groups (broad SMARTS) is 1. The van der Waals surface area contributed by atoms with Gasteiger partial charge < -0.3 is 5.11 Å². The van der Waals surface area contributed by atoms with E-state index in [1.54, 1.807) is 0 Å².